The molecule has 0 unspecified atom stereocenters. The van der Waals surface area contributed by atoms with E-state index < -0.39 is 0 Å². The molecule has 0 bridgehead atoms. The Morgan fingerprint density at radius 2 is 1.96 bits per heavy atom. The molecule has 1 amide bonds. The van der Waals surface area contributed by atoms with Gasteiger partial charge in [-0.1, -0.05) is 36.9 Å². The molecule has 23 heavy (non-hydrogen) atoms. The van der Waals surface area contributed by atoms with Crippen LogP contribution in [0.4, 0.5) is 0 Å². The van der Waals surface area contributed by atoms with Gasteiger partial charge in [0.1, 0.15) is 10.9 Å². The SMILES string of the molecule is Cc1nc(S[C@@H](C)C(=O)N2CCC(C)CC2)c2ccccc2n1. The molecule has 1 aromatic heterocycles. The van der Waals surface area contributed by atoms with Crippen LogP contribution in [0.5, 0.6) is 0 Å². The summed E-state index contributed by atoms with van der Waals surface area (Å²) < 4.78 is 0. The minimum absolute atomic E-state index is 0.124. The van der Waals surface area contributed by atoms with Gasteiger partial charge >= 0.3 is 0 Å². The number of piperidine rings is 1. The summed E-state index contributed by atoms with van der Waals surface area (Å²) in [5, 5.41) is 1.80. The van der Waals surface area contributed by atoms with Crippen molar-refractivity contribution in [2.24, 2.45) is 5.92 Å². The van der Waals surface area contributed by atoms with E-state index in [1.165, 1.54) is 0 Å². The lowest BCUT2D eigenvalue weighted by molar-refractivity contribution is -0.131. The normalized spacial score (nSPS) is 17.4. The second-order valence-corrected chi connectivity index (χ2v) is 7.69. The van der Waals surface area contributed by atoms with Crippen LogP contribution in [0.3, 0.4) is 0 Å². The van der Waals surface area contributed by atoms with Gasteiger partial charge in [-0.25, -0.2) is 9.97 Å². The van der Waals surface area contributed by atoms with Crippen molar-refractivity contribution in [1.82, 2.24) is 14.9 Å². The number of hydrogen-bond acceptors (Lipinski definition) is 4. The lowest BCUT2D eigenvalue weighted by Crippen LogP contribution is -2.41. The molecule has 0 saturated carbocycles. The largest absolute Gasteiger partial charge is 0.342 e. The molecule has 1 aromatic carbocycles. The van der Waals surface area contributed by atoms with Gasteiger partial charge in [0.15, 0.2) is 0 Å². The molecule has 1 aliphatic rings. The maximum atomic E-state index is 12.7. The number of fused-ring (bicyclic) bond motifs is 1. The van der Waals surface area contributed by atoms with Gasteiger partial charge in [0.25, 0.3) is 0 Å². The molecule has 1 saturated heterocycles. The van der Waals surface area contributed by atoms with E-state index in [0.717, 1.165) is 53.6 Å². The Kier molecular flexibility index (Phi) is 4.85. The summed E-state index contributed by atoms with van der Waals surface area (Å²) in [5.41, 5.74) is 0.939. The van der Waals surface area contributed by atoms with E-state index in [2.05, 4.69) is 16.9 Å². The number of likely N-dealkylation sites (tertiary alicyclic amines) is 1. The average molecular weight is 329 g/mol. The Morgan fingerprint density at radius 1 is 1.26 bits per heavy atom. The fourth-order valence-electron chi connectivity index (χ4n) is 2.95. The van der Waals surface area contributed by atoms with E-state index in [4.69, 9.17) is 0 Å². The fourth-order valence-corrected chi connectivity index (χ4v) is 4.02. The van der Waals surface area contributed by atoms with Crippen LogP contribution in [-0.4, -0.2) is 39.1 Å². The lowest BCUT2D eigenvalue weighted by Gasteiger charge is -2.32. The lowest BCUT2D eigenvalue weighted by atomic mass is 9.99. The predicted octanol–water partition coefficient (Wildman–Crippen LogP) is 3.68. The van der Waals surface area contributed by atoms with E-state index in [0.29, 0.717) is 0 Å². The Bertz CT molecular complexity index is 710. The number of thioether (sulfide) groups is 1. The summed E-state index contributed by atoms with van der Waals surface area (Å²) in [6.45, 7) is 7.91. The van der Waals surface area contributed by atoms with E-state index >= 15 is 0 Å². The molecule has 2 heterocycles. The number of amides is 1. The third-order valence-corrected chi connectivity index (χ3v) is 5.50. The molecule has 0 N–H and O–H groups in total. The van der Waals surface area contributed by atoms with Crippen LogP contribution in [-0.2, 0) is 4.79 Å². The van der Waals surface area contributed by atoms with Crippen LogP contribution < -0.4 is 0 Å². The van der Waals surface area contributed by atoms with Crippen LogP contribution in [0.1, 0.15) is 32.5 Å². The van der Waals surface area contributed by atoms with Crippen molar-refractivity contribution >= 4 is 28.6 Å². The molecule has 4 nitrogen and oxygen atoms in total. The zero-order valence-corrected chi connectivity index (χ0v) is 14.8. The zero-order valence-electron chi connectivity index (χ0n) is 14.0. The molecule has 3 rings (SSSR count). The van der Waals surface area contributed by atoms with Gasteiger partial charge in [-0.3, -0.25) is 4.79 Å². The predicted molar refractivity (Wildman–Crippen MR) is 94.6 cm³/mol. The molecular weight excluding hydrogens is 306 g/mol. The second kappa shape index (κ2) is 6.87. The maximum absolute atomic E-state index is 12.7. The van der Waals surface area contributed by atoms with Crippen LogP contribution in [0.2, 0.25) is 0 Å². The first-order chi connectivity index (χ1) is 11.0. The molecule has 1 fully saturated rings. The Balaban J connectivity index is 1.77. The van der Waals surface area contributed by atoms with Crippen LogP contribution in [0.15, 0.2) is 29.3 Å². The van der Waals surface area contributed by atoms with Crippen molar-refractivity contribution < 1.29 is 4.79 Å². The van der Waals surface area contributed by atoms with Gasteiger partial charge in [0.2, 0.25) is 5.91 Å². The van der Waals surface area contributed by atoms with Gasteiger partial charge < -0.3 is 4.90 Å². The van der Waals surface area contributed by atoms with Crippen molar-refractivity contribution in [3.05, 3.63) is 30.1 Å². The summed E-state index contributed by atoms with van der Waals surface area (Å²) in [7, 11) is 0. The maximum Gasteiger partial charge on any atom is 0.235 e. The smallest absolute Gasteiger partial charge is 0.235 e. The number of hydrogen-bond donors (Lipinski definition) is 0. The summed E-state index contributed by atoms with van der Waals surface area (Å²) >= 11 is 1.55. The molecule has 0 radical (unpaired) electrons. The highest BCUT2D eigenvalue weighted by Gasteiger charge is 2.25. The number of nitrogens with zero attached hydrogens (tertiary/aromatic N) is 3. The minimum Gasteiger partial charge on any atom is -0.342 e. The second-order valence-electron chi connectivity index (χ2n) is 6.36. The molecule has 1 atom stereocenters. The molecule has 122 valence electrons. The topological polar surface area (TPSA) is 46.1 Å². The van der Waals surface area contributed by atoms with Crippen molar-refractivity contribution in [1.29, 1.82) is 0 Å². The quantitative estimate of drug-likeness (QED) is 0.636. The van der Waals surface area contributed by atoms with Gasteiger partial charge in [0, 0.05) is 18.5 Å². The summed E-state index contributed by atoms with van der Waals surface area (Å²) in [6, 6.07) is 7.99. The first-order valence-corrected chi connectivity index (χ1v) is 9.11. The summed E-state index contributed by atoms with van der Waals surface area (Å²) in [4.78, 5) is 23.7. The van der Waals surface area contributed by atoms with Gasteiger partial charge in [0.05, 0.1) is 10.8 Å². The number of para-hydroxylation sites is 1. The van der Waals surface area contributed by atoms with E-state index in [-0.39, 0.29) is 11.2 Å². The van der Waals surface area contributed by atoms with Crippen LogP contribution in [0, 0.1) is 12.8 Å². The molecule has 1 aliphatic heterocycles. The van der Waals surface area contributed by atoms with Crippen molar-refractivity contribution in [2.45, 2.75) is 43.9 Å². The third-order valence-electron chi connectivity index (χ3n) is 4.41. The van der Waals surface area contributed by atoms with Gasteiger partial charge in [-0.2, -0.15) is 0 Å². The fraction of sp³-hybridized carbons (Fsp3) is 0.500. The number of aryl methyl sites for hydroxylation is 1. The molecule has 2 aromatic rings. The summed E-state index contributed by atoms with van der Waals surface area (Å²) in [5.74, 6) is 1.70. The minimum atomic E-state index is -0.124. The van der Waals surface area contributed by atoms with Crippen LogP contribution >= 0.6 is 11.8 Å². The summed E-state index contributed by atoms with van der Waals surface area (Å²) in [6.07, 6.45) is 2.22. The Hall–Kier alpha value is -1.62. The van der Waals surface area contributed by atoms with Crippen molar-refractivity contribution in [2.75, 3.05) is 13.1 Å². The number of rotatable bonds is 3. The first-order valence-electron chi connectivity index (χ1n) is 8.23. The molecule has 0 aliphatic carbocycles. The van der Waals surface area contributed by atoms with Gasteiger partial charge in [-0.05, 0) is 38.7 Å². The van der Waals surface area contributed by atoms with Crippen LogP contribution in [0.25, 0.3) is 10.9 Å². The van der Waals surface area contributed by atoms with E-state index in [1.54, 1.807) is 11.8 Å². The number of carbonyl (C=O) groups excluding carboxylic acids is 1. The van der Waals surface area contributed by atoms with Crippen molar-refractivity contribution in [3.8, 4) is 0 Å². The standard InChI is InChI=1S/C18H23N3OS/c1-12-8-10-21(11-9-12)18(22)13(2)23-17-15-6-4-5-7-16(15)19-14(3)20-17/h4-7,12-13H,8-11H2,1-3H3/t13-/m0/s1. The van der Waals surface area contributed by atoms with E-state index in [1.807, 2.05) is 43.0 Å². The molecule has 5 heteroatoms. The highest BCUT2D eigenvalue weighted by atomic mass is 32.2. The first kappa shape index (κ1) is 16.2. The zero-order chi connectivity index (χ0) is 16.4. The third kappa shape index (κ3) is 3.66. The Morgan fingerprint density at radius 3 is 2.70 bits per heavy atom. The Labute approximate surface area is 141 Å². The average Bonchev–Trinajstić information content (AvgIpc) is 2.54. The highest BCUT2D eigenvalue weighted by Crippen LogP contribution is 2.30. The van der Waals surface area contributed by atoms with E-state index in [9.17, 15) is 4.79 Å². The number of carbonyl (C=O) groups is 1. The van der Waals surface area contributed by atoms with Gasteiger partial charge in [-0.15, -0.1) is 0 Å². The highest BCUT2D eigenvalue weighted by molar-refractivity contribution is 8.00. The molecule has 0 spiro atoms. The van der Waals surface area contributed by atoms with Crippen molar-refractivity contribution in [3.63, 3.8) is 0 Å². The molecular formula is C18H23N3OS. The monoisotopic (exact) mass is 329 g/mol. The number of aromatic nitrogens is 2. The number of benzene rings is 1.